The molecule has 0 saturated carbocycles. The number of hydrogen-bond donors (Lipinski definition) is 1. The summed E-state index contributed by atoms with van der Waals surface area (Å²) in [6, 6.07) is 18.5. The third-order valence-corrected chi connectivity index (χ3v) is 6.24. The number of hydrogen-bond acceptors (Lipinski definition) is 6. The highest BCUT2D eigenvalue weighted by molar-refractivity contribution is 6.51. The third-order valence-electron chi connectivity index (χ3n) is 6.24. The molecule has 1 unspecified atom stereocenters. The SMILES string of the molecule is COc1ccccc1C1/C(=C(\O)c2ccc([N+](=O)[O-])cc2)C(=O)C(=O)N1c1ccc(C(C)(C)C)cc1. The molecule has 1 aliphatic heterocycles. The smallest absolute Gasteiger partial charge is 0.300 e. The summed E-state index contributed by atoms with van der Waals surface area (Å²) >= 11 is 0. The first kappa shape index (κ1) is 24.7. The van der Waals surface area contributed by atoms with Crippen LogP contribution in [0.4, 0.5) is 11.4 Å². The van der Waals surface area contributed by atoms with Crippen LogP contribution in [-0.4, -0.2) is 28.8 Å². The summed E-state index contributed by atoms with van der Waals surface area (Å²) < 4.78 is 5.52. The average Bonchev–Trinajstić information content (AvgIpc) is 3.13. The number of anilines is 1. The number of carbonyl (C=O) groups is 2. The van der Waals surface area contributed by atoms with E-state index in [2.05, 4.69) is 20.8 Å². The minimum atomic E-state index is -0.975. The first-order valence-electron chi connectivity index (χ1n) is 11.3. The summed E-state index contributed by atoms with van der Waals surface area (Å²) in [6.45, 7) is 6.23. The van der Waals surface area contributed by atoms with Gasteiger partial charge in [-0.25, -0.2) is 0 Å². The number of nitro benzene ring substituents is 1. The quantitative estimate of drug-likeness (QED) is 0.167. The Kier molecular flexibility index (Phi) is 6.37. The molecule has 8 heteroatoms. The van der Waals surface area contributed by atoms with Crippen molar-refractivity contribution in [3.05, 3.63) is 105 Å². The van der Waals surface area contributed by atoms with Gasteiger partial charge >= 0.3 is 0 Å². The molecular weight excluding hydrogens is 460 g/mol. The molecule has 184 valence electrons. The highest BCUT2D eigenvalue weighted by Crippen LogP contribution is 2.45. The van der Waals surface area contributed by atoms with Crippen molar-refractivity contribution in [2.24, 2.45) is 0 Å². The zero-order valence-corrected chi connectivity index (χ0v) is 20.4. The third kappa shape index (κ3) is 4.33. The molecular formula is C28H26N2O6. The maximum atomic E-state index is 13.4. The molecule has 1 heterocycles. The number of para-hydroxylation sites is 1. The first-order chi connectivity index (χ1) is 17.0. The van der Waals surface area contributed by atoms with E-state index in [1.807, 2.05) is 12.1 Å². The normalized spacial score (nSPS) is 17.3. The standard InChI is InChI=1S/C28H26N2O6/c1-28(2,3)18-11-15-19(16-12-18)29-24(21-7-5-6-8-22(21)36-4)23(26(32)27(29)33)25(31)17-9-13-20(14-10-17)30(34)35/h5-16,24,31H,1-4H3/b25-23+. The maximum absolute atomic E-state index is 13.4. The van der Waals surface area contributed by atoms with Crippen molar-refractivity contribution in [1.82, 2.24) is 0 Å². The molecule has 0 spiro atoms. The van der Waals surface area contributed by atoms with E-state index >= 15 is 0 Å². The average molecular weight is 487 g/mol. The highest BCUT2D eigenvalue weighted by Gasteiger charge is 2.48. The van der Waals surface area contributed by atoms with Crippen molar-refractivity contribution >= 4 is 28.8 Å². The molecule has 0 aromatic heterocycles. The van der Waals surface area contributed by atoms with Crippen molar-refractivity contribution < 1.29 is 24.4 Å². The van der Waals surface area contributed by atoms with Crippen molar-refractivity contribution in [2.45, 2.75) is 32.2 Å². The number of benzene rings is 3. The Balaban J connectivity index is 1.92. The Bertz CT molecular complexity index is 1370. The second kappa shape index (κ2) is 9.30. The Hall–Kier alpha value is -4.46. The number of aliphatic hydroxyl groups is 1. The van der Waals surface area contributed by atoms with Crippen LogP contribution in [-0.2, 0) is 15.0 Å². The van der Waals surface area contributed by atoms with E-state index in [1.165, 1.54) is 36.3 Å². The van der Waals surface area contributed by atoms with Crippen LogP contribution in [0.5, 0.6) is 5.75 Å². The topological polar surface area (TPSA) is 110 Å². The summed E-state index contributed by atoms with van der Waals surface area (Å²) in [4.78, 5) is 38.5. The molecule has 1 aliphatic rings. The molecule has 1 fully saturated rings. The lowest BCUT2D eigenvalue weighted by atomic mass is 9.87. The Morgan fingerprint density at radius 1 is 0.972 bits per heavy atom. The van der Waals surface area contributed by atoms with Gasteiger partial charge < -0.3 is 9.84 Å². The zero-order chi connectivity index (χ0) is 26.2. The van der Waals surface area contributed by atoms with E-state index in [-0.39, 0.29) is 22.2 Å². The maximum Gasteiger partial charge on any atom is 0.300 e. The minimum absolute atomic E-state index is 0.106. The number of ketones is 1. The van der Waals surface area contributed by atoms with E-state index in [1.54, 1.807) is 36.4 Å². The summed E-state index contributed by atoms with van der Waals surface area (Å²) in [5.74, 6) is -1.64. The van der Waals surface area contributed by atoms with Crippen LogP contribution in [0.1, 0.15) is 43.5 Å². The fraction of sp³-hybridized carbons (Fsp3) is 0.214. The van der Waals surface area contributed by atoms with Crippen LogP contribution >= 0.6 is 0 Å². The lowest BCUT2D eigenvalue weighted by molar-refractivity contribution is -0.384. The number of carbonyl (C=O) groups excluding carboxylic acids is 2. The van der Waals surface area contributed by atoms with Crippen molar-refractivity contribution in [3.63, 3.8) is 0 Å². The summed E-state index contributed by atoms with van der Waals surface area (Å²) in [5.41, 5.74) is 1.85. The number of Topliss-reactive ketones (excluding diaryl/α,β-unsaturated/α-hetero) is 1. The molecule has 1 amide bonds. The lowest BCUT2D eigenvalue weighted by Gasteiger charge is -2.27. The Morgan fingerprint density at radius 3 is 2.14 bits per heavy atom. The molecule has 4 rings (SSSR count). The molecule has 1 atom stereocenters. The number of aliphatic hydroxyl groups excluding tert-OH is 1. The van der Waals surface area contributed by atoms with E-state index in [9.17, 15) is 24.8 Å². The Morgan fingerprint density at radius 2 is 1.58 bits per heavy atom. The second-order valence-electron chi connectivity index (χ2n) is 9.51. The molecule has 3 aromatic carbocycles. The number of methoxy groups -OCH3 is 1. The molecule has 1 saturated heterocycles. The van der Waals surface area contributed by atoms with Crippen molar-refractivity contribution in [2.75, 3.05) is 12.0 Å². The van der Waals surface area contributed by atoms with Gasteiger partial charge in [-0.15, -0.1) is 0 Å². The monoisotopic (exact) mass is 486 g/mol. The fourth-order valence-corrected chi connectivity index (χ4v) is 4.30. The van der Waals surface area contributed by atoms with Crippen LogP contribution in [0.3, 0.4) is 0 Å². The molecule has 8 nitrogen and oxygen atoms in total. The van der Waals surface area contributed by atoms with E-state index in [0.717, 1.165) is 5.56 Å². The van der Waals surface area contributed by atoms with Crippen LogP contribution in [0, 0.1) is 10.1 Å². The number of nitrogens with zero attached hydrogens (tertiary/aromatic N) is 2. The summed E-state index contributed by atoms with van der Waals surface area (Å²) in [6.07, 6.45) is 0. The van der Waals surface area contributed by atoms with Crippen LogP contribution in [0.2, 0.25) is 0 Å². The van der Waals surface area contributed by atoms with Crippen molar-refractivity contribution in [1.29, 1.82) is 0 Å². The predicted molar refractivity (Wildman–Crippen MR) is 136 cm³/mol. The van der Waals surface area contributed by atoms with Gasteiger partial charge in [0.15, 0.2) is 0 Å². The number of nitro groups is 1. The first-order valence-corrected chi connectivity index (χ1v) is 11.3. The summed E-state index contributed by atoms with van der Waals surface area (Å²) in [5, 5.41) is 22.3. The number of amides is 1. The number of ether oxygens (including phenoxy) is 1. The zero-order valence-electron chi connectivity index (χ0n) is 20.4. The second-order valence-corrected chi connectivity index (χ2v) is 9.51. The van der Waals surface area contributed by atoms with Crippen LogP contribution < -0.4 is 9.64 Å². The minimum Gasteiger partial charge on any atom is -0.507 e. The summed E-state index contributed by atoms with van der Waals surface area (Å²) in [7, 11) is 1.49. The fourth-order valence-electron chi connectivity index (χ4n) is 4.30. The van der Waals surface area contributed by atoms with Gasteiger partial charge in [-0.1, -0.05) is 51.1 Å². The van der Waals surface area contributed by atoms with Crippen LogP contribution in [0.25, 0.3) is 5.76 Å². The lowest BCUT2D eigenvalue weighted by Crippen LogP contribution is -2.29. The van der Waals surface area contributed by atoms with Gasteiger partial charge in [-0.3, -0.25) is 24.6 Å². The van der Waals surface area contributed by atoms with E-state index in [0.29, 0.717) is 17.0 Å². The molecule has 3 aromatic rings. The number of non-ortho nitro benzene ring substituents is 1. The molecule has 0 radical (unpaired) electrons. The Labute approximate surface area is 208 Å². The predicted octanol–water partition coefficient (Wildman–Crippen LogP) is 5.53. The molecule has 1 N–H and O–H groups in total. The molecule has 0 bridgehead atoms. The van der Waals surface area contributed by atoms with Crippen LogP contribution in [0.15, 0.2) is 78.4 Å². The number of rotatable bonds is 5. The van der Waals surface area contributed by atoms with Crippen molar-refractivity contribution in [3.8, 4) is 5.75 Å². The van der Waals surface area contributed by atoms with Gasteiger partial charge in [-0.05, 0) is 41.3 Å². The van der Waals surface area contributed by atoms with Gasteiger partial charge in [0, 0.05) is 28.9 Å². The van der Waals surface area contributed by atoms with E-state index in [4.69, 9.17) is 4.74 Å². The highest BCUT2D eigenvalue weighted by atomic mass is 16.6. The van der Waals surface area contributed by atoms with Gasteiger partial charge in [0.25, 0.3) is 17.4 Å². The molecule has 0 aliphatic carbocycles. The van der Waals surface area contributed by atoms with Gasteiger partial charge in [-0.2, -0.15) is 0 Å². The largest absolute Gasteiger partial charge is 0.507 e. The van der Waals surface area contributed by atoms with Gasteiger partial charge in [0.2, 0.25) is 0 Å². The van der Waals surface area contributed by atoms with Gasteiger partial charge in [0.1, 0.15) is 11.5 Å². The van der Waals surface area contributed by atoms with E-state index < -0.39 is 28.4 Å². The van der Waals surface area contributed by atoms with Gasteiger partial charge in [0.05, 0.1) is 23.6 Å². The molecule has 36 heavy (non-hydrogen) atoms.